The van der Waals surface area contributed by atoms with Crippen LogP contribution in [0.3, 0.4) is 0 Å². The Labute approximate surface area is 71.2 Å². The molecule has 0 radical (unpaired) electrons. The molecule has 0 aromatic heterocycles. The van der Waals surface area contributed by atoms with Crippen LogP contribution in [-0.2, 0) is 0 Å². The summed E-state index contributed by atoms with van der Waals surface area (Å²) in [6.45, 7) is 3.23. The molecule has 1 heterocycles. The van der Waals surface area contributed by atoms with Crippen LogP contribution < -0.4 is 0 Å². The number of thiol groups is 1. The highest BCUT2D eigenvalue weighted by Crippen LogP contribution is 2.30. The third-order valence-corrected chi connectivity index (χ3v) is 2.72. The molecule has 1 nitrogen and oxygen atoms in total. The molecular formula is C7H13F2NS. The Bertz CT molecular complexity index is 140. The minimum Gasteiger partial charge on any atom is -0.298 e. The van der Waals surface area contributed by atoms with Crippen LogP contribution in [0.2, 0.25) is 0 Å². The summed E-state index contributed by atoms with van der Waals surface area (Å²) in [7, 11) is 0. The minimum atomic E-state index is -2.60. The second kappa shape index (κ2) is 3.27. The molecule has 0 saturated carbocycles. The number of rotatable bonds is 1. The standard InChI is InChI=1S/C7H13F2NS/c1-2-10-4-3-6(11)7(8,9)5-10/h6,11H,2-5H2,1H3. The molecule has 1 aliphatic heterocycles. The first kappa shape index (κ1) is 9.26. The Balaban J connectivity index is 2.52. The Morgan fingerprint density at radius 3 is 2.73 bits per heavy atom. The average molecular weight is 181 g/mol. The Kier molecular flexibility index (Phi) is 2.75. The van der Waals surface area contributed by atoms with Crippen molar-refractivity contribution < 1.29 is 8.78 Å². The molecule has 1 aliphatic rings. The number of hydrogen-bond donors (Lipinski definition) is 1. The highest BCUT2D eigenvalue weighted by Gasteiger charge is 2.41. The van der Waals surface area contributed by atoms with Crippen LogP contribution in [0.5, 0.6) is 0 Å². The van der Waals surface area contributed by atoms with E-state index in [0.29, 0.717) is 13.0 Å². The molecule has 1 saturated heterocycles. The van der Waals surface area contributed by atoms with Crippen molar-refractivity contribution in [2.75, 3.05) is 19.6 Å². The van der Waals surface area contributed by atoms with Crippen LogP contribution in [0.1, 0.15) is 13.3 Å². The second-order valence-corrected chi connectivity index (χ2v) is 3.56. The number of likely N-dealkylation sites (tertiary alicyclic amines) is 1. The van der Waals surface area contributed by atoms with Crippen molar-refractivity contribution in [3.63, 3.8) is 0 Å². The summed E-state index contributed by atoms with van der Waals surface area (Å²) in [5.41, 5.74) is 0. The molecule has 0 bridgehead atoms. The van der Waals surface area contributed by atoms with Gasteiger partial charge in [-0.05, 0) is 19.5 Å². The smallest absolute Gasteiger partial charge is 0.271 e. The summed E-state index contributed by atoms with van der Waals surface area (Å²) in [4.78, 5) is 1.76. The first-order valence-corrected chi connectivity index (χ1v) is 4.36. The fraction of sp³-hybridized carbons (Fsp3) is 1.00. The summed E-state index contributed by atoms with van der Waals surface area (Å²) < 4.78 is 25.8. The molecule has 1 atom stereocenters. The monoisotopic (exact) mass is 181 g/mol. The molecule has 1 fully saturated rings. The lowest BCUT2D eigenvalue weighted by Crippen LogP contribution is -2.49. The Hall–Kier alpha value is 0.170. The lowest BCUT2D eigenvalue weighted by Gasteiger charge is -2.35. The number of hydrogen-bond acceptors (Lipinski definition) is 2. The summed E-state index contributed by atoms with van der Waals surface area (Å²) in [5, 5.41) is -0.745. The molecule has 4 heteroatoms. The van der Waals surface area contributed by atoms with Crippen LogP contribution in [0.15, 0.2) is 0 Å². The zero-order valence-corrected chi connectivity index (χ0v) is 7.45. The summed E-state index contributed by atoms with van der Waals surface area (Å²) in [6.07, 6.45) is 0.490. The maximum Gasteiger partial charge on any atom is 0.271 e. The molecule has 0 N–H and O–H groups in total. The van der Waals surface area contributed by atoms with Crippen molar-refractivity contribution in [1.29, 1.82) is 0 Å². The van der Waals surface area contributed by atoms with Gasteiger partial charge in [0.25, 0.3) is 5.92 Å². The van der Waals surface area contributed by atoms with Gasteiger partial charge in [-0.2, -0.15) is 12.6 Å². The zero-order chi connectivity index (χ0) is 8.48. The van der Waals surface area contributed by atoms with E-state index in [1.165, 1.54) is 0 Å². The van der Waals surface area contributed by atoms with Crippen molar-refractivity contribution in [1.82, 2.24) is 4.90 Å². The van der Waals surface area contributed by atoms with Gasteiger partial charge in [-0.3, -0.25) is 4.90 Å². The summed E-state index contributed by atoms with van der Waals surface area (Å²) in [6, 6.07) is 0. The number of piperidine rings is 1. The van der Waals surface area contributed by atoms with Crippen LogP contribution >= 0.6 is 12.6 Å². The first-order chi connectivity index (χ1) is 5.06. The molecule has 0 spiro atoms. The van der Waals surface area contributed by atoms with Crippen LogP contribution in [0.25, 0.3) is 0 Å². The van der Waals surface area contributed by atoms with E-state index in [0.717, 1.165) is 6.54 Å². The molecule has 1 unspecified atom stereocenters. The molecule has 66 valence electrons. The van der Waals surface area contributed by atoms with Gasteiger partial charge < -0.3 is 0 Å². The molecule has 0 amide bonds. The maximum absolute atomic E-state index is 12.9. The highest BCUT2D eigenvalue weighted by atomic mass is 32.1. The van der Waals surface area contributed by atoms with Crippen molar-refractivity contribution in [2.24, 2.45) is 0 Å². The average Bonchev–Trinajstić information content (AvgIpc) is 1.95. The van der Waals surface area contributed by atoms with Gasteiger partial charge >= 0.3 is 0 Å². The third-order valence-electron chi connectivity index (χ3n) is 2.09. The number of halogens is 2. The van der Waals surface area contributed by atoms with Gasteiger partial charge in [0.05, 0.1) is 11.8 Å². The van der Waals surface area contributed by atoms with E-state index in [4.69, 9.17) is 0 Å². The van der Waals surface area contributed by atoms with Crippen molar-refractivity contribution in [2.45, 2.75) is 24.5 Å². The van der Waals surface area contributed by atoms with Crippen molar-refractivity contribution >= 4 is 12.6 Å². The van der Waals surface area contributed by atoms with Gasteiger partial charge in [-0.25, -0.2) is 8.78 Å². The van der Waals surface area contributed by atoms with Gasteiger partial charge in [0.2, 0.25) is 0 Å². The van der Waals surface area contributed by atoms with E-state index in [-0.39, 0.29) is 6.54 Å². The van der Waals surface area contributed by atoms with Crippen LogP contribution in [0, 0.1) is 0 Å². The molecule has 0 aliphatic carbocycles. The predicted molar refractivity (Wildman–Crippen MR) is 44.5 cm³/mol. The quantitative estimate of drug-likeness (QED) is 0.602. The summed E-state index contributed by atoms with van der Waals surface area (Å²) >= 11 is 3.84. The van der Waals surface area contributed by atoms with E-state index >= 15 is 0 Å². The zero-order valence-electron chi connectivity index (χ0n) is 6.56. The largest absolute Gasteiger partial charge is 0.298 e. The van der Waals surface area contributed by atoms with Crippen LogP contribution in [0.4, 0.5) is 8.78 Å². The minimum absolute atomic E-state index is 0.127. The van der Waals surface area contributed by atoms with Gasteiger partial charge in [0.1, 0.15) is 0 Å². The van der Waals surface area contributed by atoms with Gasteiger partial charge in [-0.15, -0.1) is 0 Å². The number of alkyl halides is 2. The van der Waals surface area contributed by atoms with Crippen molar-refractivity contribution in [3.05, 3.63) is 0 Å². The molecule has 0 aromatic carbocycles. The third kappa shape index (κ3) is 2.06. The SMILES string of the molecule is CCN1CCC(S)C(F)(F)C1. The van der Waals surface area contributed by atoms with Gasteiger partial charge in [-0.1, -0.05) is 6.92 Å². The highest BCUT2D eigenvalue weighted by molar-refractivity contribution is 7.81. The fourth-order valence-electron chi connectivity index (χ4n) is 1.27. The lowest BCUT2D eigenvalue weighted by atomic mass is 10.1. The first-order valence-electron chi connectivity index (χ1n) is 3.84. The fourth-order valence-corrected chi connectivity index (χ4v) is 1.47. The lowest BCUT2D eigenvalue weighted by molar-refractivity contribution is -0.0557. The maximum atomic E-state index is 12.9. The van der Waals surface area contributed by atoms with E-state index in [2.05, 4.69) is 12.6 Å². The predicted octanol–water partition coefficient (Wildman–Crippen LogP) is 1.65. The molecular weight excluding hydrogens is 168 g/mol. The van der Waals surface area contributed by atoms with Crippen LogP contribution in [-0.4, -0.2) is 35.7 Å². The molecule has 11 heavy (non-hydrogen) atoms. The molecule has 1 rings (SSSR count). The molecule has 0 aromatic rings. The second-order valence-electron chi connectivity index (χ2n) is 2.93. The van der Waals surface area contributed by atoms with E-state index in [1.54, 1.807) is 4.90 Å². The Morgan fingerprint density at radius 2 is 2.27 bits per heavy atom. The van der Waals surface area contributed by atoms with E-state index < -0.39 is 11.2 Å². The van der Waals surface area contributed by atoms with E-state index in [1.807, 2.05) is 6.92 Å². The number of nitrogens with zero attached hydrogens (tertiary/aromatic N) is 1. The van der Waals surface area contributed by atoms with Gasteiger partial charge in [0.15, 0.2) is 0 Å². The normalized spacial score (nSPS) is 32.2. The Morgan fingerprint density at radius 1 is 1.64 bits per heavy atom. The van der Waals surface area contributed by atoms with Gasteiger partial charge in [0, 0.05) is 0 Å². The topological polar surface area (TPSA) is 3.24 Å². The summed E-state index contributed by atoms with van der Waals surface area (Å²) in [5.74, 6) is -2.60. The van der Waals surface area contributed by atoms with E-state index in [9.17, 15) is 8.78 Å². The van der Waals surface area contributed by atoms with Crippen molar-refractivity contribution in [3.8, 4) is 0 Å².